The van der Waals surface area contributed by atoms with Crippen molar-refractivity contribution in [1.82, 2.24) is 20.2 Å². The first-order valence-corrected chi connectivity index (χ1v) is 7.31. The molecule has 2 aromatic carbocycles. The van der Waals surface area contributed by atoms with Crippen LogP contribution in [0.1, 0.15) is 10.4 Å². The van der Waals surface area contributed by atoms with Crippen LogP contribution in [0, 0.1) is 11.6 Å². The fraction of sp³-hybridized carbons (Fsp3) is 0. The zero-order valence-corrected chi connectivity index (χ0v) is 12.7. The number of nitrogens with zero attached hydrogens (tertiary/aromatic N) is 2. The van der Waals surface area contributed by atoms with E-state index in [2.05, 4.69) is 20.2 Å². The lowest BCUT2D eigenvalue weighted by molar-refractivity contribution is 0.100. The van der Waals surface area contributed by atoms with E-state index in [4.69, 9.17) is 5.73 Å². The average Bonchev–Trinajstić information content (AvgIpc) is 3.23. The van der Waals surface area contributed by atoms with E-state index in [0.717, 1.165) is 12.1 Å². The van der Waals surface area contributed by atoms with Gasteiger partial charge in [-0.05, 0) is 36.4 Å². The predicted octanol–water partition coefficient (Wildman–Crippen LogP) is 3.00. The molecule has 0 unspecified atom stereocenters. The number of nitrogens with two attached hydrogens (primary N) is 1. The van der Waals surface area contributed by atoms with Gasteiger partial charge in [0, 0.05) is 16.5 Å². The van der Waals surface area contributed by atoms with Gasteiger partial charge in [0.1, 0.15) is 5.69 Å². The number of nitrogens with one attached hydrogen (secondary N) is 2. The molecule has 4 N–H and O–H groups in total. The number of amides is 1. The number of hydrogen-bond donors (Lipinski definition) is 3. The Kier molecular flexibility index (Phi) is 3.31. The number of carbonyl (C=O) groups excluding carboxylic acids is 1. The predicted molar refractivity (Wildman–Crippen MR) is 87.5 cm³/mol. The minimum atomic E-state index is -0.940. The molecule has 6 nitrogen and oxygen atoms in total. The largest absolute Gasteiger partial charge is 0.366 e. The molecule has 0 atom stereocenters. The van der Waals surface area contributed by atoms with Crippen molar-refractivity contribution in [2.45, 2.75) is 0 Å². The summed E-state index contributed by atoms with van der Waals surface area (Å²) >= 11 is 0. The third kappa shape index (κ3) is 2.53. The summed E-state index contributed by atoms with van der Waals surface area (Å²) in [5.74, 6) is -1.98. The Morgan fingerprint density at radius 2 is 1.92 bits per heavy atom. The normalized spacial score (nSPS) is 11.1. The smallest absolute Gasteiger partial charge is 0.248 e. The van der Waals surface area contributed by atoms with Crippen LogP contribution in [0.15, 0.2) is 42.6 Å². The van der Waals surface area contributed by atoms with E-state index in [-0.39, 0.29) is 0 Å². The highest BCUT2D eigenvalue weighted by Crippen LogP contribution is 2.27. The lowest BCUT2D eigenvalue weighted by Crippen LogP contribution is -2.10. The van der Waals surface area contributed by atoms with Crippen LogP contribution in [0.25, 0.3) is 33.7 Å². The Labute approximate surface area is 139 Å². The van der Waals surface area contributed by atoms with Gasteiger partial charge in [-0.1, -0.05) is 0 Å². The van der Waals surface area contributed by atoms with Gasteiger partial charge in [-0.25, -0.2) is 13.8 Å². The number of benzene rings is 2. The second kappa shape index (κ2) is 5.52. The number of aromatic amines is 2. The zero-order valence-electron chi connectivity index (χ0n) is 12.7. The summed E-state index contributed by atoms with van der Waals surface area (Å²) in [7, 11) is 0. The van der Waals surface area contributed by atoms with E-state index in [1.165, 1.54) is 12.3 Å². The number of H-pyrrole nitrogens is 2. The molecule has 0 bridgehead atoms. The number of carbonyl (C=O) groups is 1. The SMILES string of the molecule is NC(=O)c1ccc2[nH]nc(-c3ncc(-c4ccc(F)c(F)c4)[nH]3)c2c1. The first-order valence-electron chi connectivity index (χ1n) is 7.31. The molecule has 124 valence electrons. The number of aromatic nitrogens is 4. The summed E-state index contributed by atoms with van der Waals surface area (Å²) in [5, 5.41) is 7.72. The first kappa shape index (κ1) is 15.0. The molecule has 0 aliphatic rings. The second-order valence-electron chi connectivity index (χ2n) is 5.47. The third-order valence-electron chi connectivity index (χ3n) is 3.88. The highest BCUT2D eigenvalue weighted by Gasteiger charge is 2.14. The topological polar surface area (TPSA) is 100 Å². The van der Waals surface area contributed by atoms with Crippen molar-refractivity contribution in [3.63, 3.8) is 0 Å². The maximum absolute atomic E-state index is 13.4. The van der Waals surface area contributed by atoms with Gasteiger partial charge in [-0.2, -0.15) is 5.10 Å². The highest BCUT2D eigenvalue weighted by molar-refractivity contribution is 6.00. The van der Waals surface area contributed by atoms with Crippen molar-refractivity contribution in [1.29, 1.82) is 0 Å². The van der Waals surface area contributed by atoms with Crippen molar-refractivity contribution in [2.75, 3.05) is 0 Å². The van der Waals surface area contributed by atoms with Gasteiger partial charge in [0.2, 0.25) is 5.91 Å². The molecule has 8 heteroatoms. The minimum absolute atomic E-state index is 0.350. The van der Waals surface area contributed by atoms with Crippen molar-refractivity contribution in [3.8, 4) is 22.8 Å². The molecule has 0 spiro atoms. The lowest BCUT2D eigenvalue weighted by Gasteiger charge is -1.99. The fourth-order valence-corrected chi connectivity index (χ4v) is 2.60. The maximum Gasteiger partial charge on any atom is 0.248 e. The van der Waals surface area contributed by atoms with Crippen LogP contribution in [0.5, 0.6) is 0 Å². The fourth-order valence-electron chi connectivity index (χ4n) is 2.60. The second-order valence-corrected chi connectivity index (χ2v) is 5.47. The van der Waals surface area contributed by atoms with Crippen LogP contribution in [-0.2, 0) is 0 Å². The van der Waals surface area contributed by atoms with E-state index in [1.807, 2.05) is 0 Å². The Morgan fingerprint density at radius 1 is 1.08 bits per heavy atom. The molecule has 0 saturated heterocycles. The Morgan fingerprint density at radius 3 is 2.68 bits per heavy atom. The molecule has 0 aliphatic carbocycles. The van der Waals surface area contributed by atoms with Crippen LogP contribution >= 0.6 is 0 Å². The average molecular weight is 339 g/mol. The Bertz CT molecular complexity index is 1120. The number of hydrogen-bond acceptors (Lipinski definition) is 3. The molecule has 0 fully saturated rings. The number of halogens is 2. The van der Waals surface area contributed by atoms with Crippen molar-refractivity contribution >= 4 is 16.8 Å². The number of imidazole rings is 1. The summed E-state index contributed by atoms with van der Waals surface area (Å²) in [4.78, 5) is 18.6. The van der Waals surface area contributed by atoms with Crippen LogP contribution in [0.4, 0.5) is 8.78 Å². The standard InChI is InChI=1S/C17H11F2N5O/c18-11-3-1-8(6-12(11)19)14-7-21-17(22-14)15-10-5-9(16(20)25)2-4-13(10)23-24-15/h1-7H,(H2,20,25)(H,21,22)(H,23,24). The maximum atomic E-state index is 13.4. The van der Waals surface area contributed by atoms with Crippen LogP contribution in [-0.4, -0.2) is 26.1 Å². The highest BCUT2D eigenvalue weighted by atomic mass is 19.2. The summed E-state index contributed by atoms with van der Waals surface area (Å²) in [6.45, 7) is 0. The number of fused-ring (bicyclic) bond motifs is 1. The molecule has 1 amide bonds. The molecular weight excluding hydrogens is 328 g/mol. The van der Waals surface area contributed by atoms with Gasteiger partial charge < -0.3 is 10.7 Å². The van der Waals surface area contributed by atoms with E-state index in [0.29, 0.717) is 39.2 Å². The molecule has 25 heavy (non-hydrogen) atoms. The molecule has 2 aromatic heterocycles. The quantitative estimate of drug-likeness (QED) is 0.535. The molecule has 4 aromatic rings. The summed E-state index contributed by atoms with van der Waals surface area (Å²) in [6, 6.07) is 8.50. The van der Waals surface area contributed by atoms with Gasteiger partial charge in [0.15, 0.2) is 17.5 Å². The summed E-state index contributed by atoms with van der Waals surface area (Å²) in [5.41, 5.74) is 7.83. The van der Waals surface area contributed by atoms with Gasteiger partial charge in [-0.3, -0.25) is 9.89 Å². The van der Waals surface area contributed by atoms with E-state index in [1.54, 1.807) is 18.2 Å². The Balaban J connectivity index is 1.79. The third-order valence-corrected chi connectivity index (χ3v) is 3.88. The Hall–Kier alpha value is -3.55. The molecular formula is C17H11F2N5O. The van der Waals surface area contributed by atoms with Crippen LogP contribution in [0.3, 0.4) is 0 Å². The number of primary amides is 1. The van der Waals surface area contributed by atoms with Crippen molar-refractivity contribution in [3.05, 3.63) is 59.8 Å². The van der Waals surface area contributed by atoms with Gasteiger partial charge in [0.25, 0.3) is 0 Å². The molecule has 0 saturated carbocycles. The number of rotatable bonds is 3. The zero-order chi connectivity index (χ0) is 17.6. The summed E-state index contributed by atoms with van der Waals surface area (Å²) in [6.07, 6.45) is 1.50. The van der Waals surface area contributed by atoms with E-state index >= 15 is 0 Å². The van der Waals surface area contributed by atoms with E-state index in [9.17, 15) is 13.6 Å². The minimum Gasteiger partial charge on any atom is -0.366 e. The van der Waals surface area contributed by atoms with Gasteiger partial charge >= 0.3 is 0 Å². The van der Waals surface area contributed by atoms with Crippen LogP contribution < -0.4 is 5.73 Å². The van der Waals surface area contributed by atoms with Gasteiger partial charge in [0.05, 0.1) is 17.4 Å². The molecule has 0 radical (unpaired) electrons. The van der Waals surface area contributed by atoms with Crippen LogP contribution in [0.2, 0.25) is 0 Å². The lowest BCUT2D eigenvalue weighted by atomic mass is 10.1. The first-order chi connectivity index (χ1) is 12.0. The van der Waals surface area contributed by atoms with Gasteiger partial charge in [-0.15, -0.1) is 0 Å². The molecule has 4 rings (SSSR count). The van der Waals surface area contributed by atoms with Crippen molar-refractivity contribution in [2.24, 2.45) is 5.73 Å². The monoisotopic (exact) mass is 339 g/mol. The van der Waals surface area contributed by atoms with Crippen molar-refractivity contribution < 1.29 is 13.6 Å². The summed E-state index contributed by atoms with van der Waals surface area (Å²) < 4.78 is 26.5. The molecule has 0 aliphatic heterocycles. The molecule has 2 heterocycles. The van der Waals surface area contributed by atoms with E-state index < -0.39 is 17.5 Å².